The van der Waals surface area contributed by atoms with E-state index in [1.807, 2.05) is 41.5 Å². The van der Waals surface area contributed by atoms with Gasteiger partial charge >= 0.3 is 0 Å². The SMILES string of the molecule is C(=C\c1ccc(-c2cc(-n3cccn3)cc(-n3c4ccccc4c4cccnc43)c2)cc1)/c1ccccc1. The molecule has 4 nitrogen and oxygen atoms in total. The quantitative estimate of drug-likeness (QED) is 0.229. The minimum atomic E-state index is 0.943. The predicted octanol–water partition coefficient (Wildman–Crippen LogP) is 8.20. The lowest BCUT2D eigenvalue weighted by molar-refractivity contribution is 0.879. The van der Waals surface area contributed by atoms with Crippen molar-refractivity contribution in [1.29, 1.82) is 0 Å². The van der Waals surface area contributed by atoms with Crippen molar-refractivity contribution in [2.45, 2.75) is 0 Å². The van der Waals surface area contributed by atoms with Crippen molar-refractivity contribution in [3.05, 3.63) is 145 Å². The fourth-order valence-electron chi connectivity index (χ4n) is 5.05. The molecule has 4 aromatic carbocycles. The van der Waals surface area contributed by atoms with Crippen molar-refractivity contribution >= 4 is 34.1 Å². The molecule has 0 saturated carbocycles. The second-order valence-corrected chi connectivity index (χ2v) is 9.28. The van der Waals surface area contributed by atoms with E-state index in [1.54, 1.807) is 0 Å². The molecule has 0 bridgehead atoms. The normalized spacial score (nSPS) is 11.6. The van der Waals surface area contributed by atoms with Crippen molar-refractivity contribution in [1.82, 2.24) is 19.3 Å². The van der Waals surface area contributed by atoms with Crippen molar-refractivity contribution in [3.8, 4) is 22.5 Å². The number of nitrogens with zero attached hydrogens (tertiary/aromatic N) is 4. The number of rotatable bonds is 5. The topological polar surface area (TPSA) is 35.6 Å². The summed E-state index contributed by atoms with van der Waals surface area (Å²) in [6.07, 6.45) is 9.93. The Bertz CT molecular complexity index is 1840. The lowest BCUT2D eigenvalue weighted by atomic mass is 10.0. The Kier molecular flexibility index (Phi) is 5.41. The summed E-state index contributed by atoms with van der Waals surface area (Å²) in [5, 5.41) is 6.85. The van der Waals surface area contributed by atoms with Crippen LogP contribution in [0.3, 0.4) is 0 Å². The maximum atomic E-state index is 4.78. The number of hydrogen-bond donors (Lipinski definition) is 0. The molecule has 7 aromatic rings. The van der Waals surface area contributed by atoms with Gasteiger partial charge < -0.3 is 0 Å². The zero-order chi connectivity index (χ0) is 25.3. The third-order valence-corrected chi connectivity index (χ3v) is 6.88. The van der Waals surface area contributed by atoms with Gasteiger partial charge in [0.25, 0.3) is 0 Å². The summed E-state index contributed by atoms with van der Waals surface area (Å²) in [6.45, 7) is 0. The summed E-state index contributed by atoms with van der Waals surface area (Å²) in [5.41, 5.74) is 8.73. The van der Waals surface area contributed by atoms with Crippen LogP contribution >= 0.6 is 0 Å². The Morgan fingerprint density at radius 1 is 0.553 bits per heavy atom. The molecule has 0 aliphatic heterocycles. The summed E-state index contributed by atoms with van der Waals surface area (Å²) < 4.78 is 4.16. The molecule has 0 aliphatic rings. The van der Waals surface area contributed by atoms with Gasteiger partial charge in [-0.3, -0.25) is 4.57 Å². The van der Waals surface area contributed by atoms with Crippen LogP contribution in [0.1, 0.15) is 11.1 Å². The summed E-state index contributed by atoms with van der Waals surface area (Å²) in [4.78, 5) is 4.78. The lowest BCUT2D eigenvalue weighted by Crippen LogP contribution is -2.00. The molecule has 4 heteroatoms. The van der Waals surface area contributed by atoms with Gasteiger partial charge in [0, 0.05) is 29.4 Å². The number of para-hydroxylation sites is 1. The first-order chi connectivity index (χ1) is 18.8. The van der Waals surface area contributed by atoms with Crippen LogP contribution < -0.4 is 0 Å². The molecule has 3 heterocycles. The highest BCUT2D eigenvalue weighted by Crippen LogP contribution is 2.33. The van der Waals surface area contributed by atoms with Crippen LogP contribution in [0.5, 0.6) is 0 Å². The minimum Gasteiger partial charge on any atom is -0.294 e. The third kappa shape index (κ3) is 3.98. The van der Waals surface area contributed by atoms with Gasteiger partial charge in [-0.05, 0) is 64.7 Å². The predicted molar refractivity (Wildman–Crippen MR) is 157 cm³/mol. The van der Waals surface area contributed by atoms with Crippen LogP contribution in [0, 0.1) is 0 Å². The number of pyridine rings is 1. The Morgan fingerprint density at radius 2 is 1.29 bits per heavy atom. The molecule has 7 rings (SSSR count). The molecule has 3 aromatic heterocycles. The highest BCUT2D eigenvalue weighted by Gasteiger charge is 2.15. The largest absolute Gasteiger partial charge is 0.294 e. The molecular formula is C34H24N4. The van der Waals surface area contributed by atoms with Crippen LogP contribution in [-0.4, -0.2) is 19.3 Å². The molecule has 0 atom stereocenters. The van der Waals surface area contributed by atoms with Gasteiger partial charge in [0.05, 0.1) is 16.9 Å². The Balaban J connectivity index is 1.36. The maximum absolute atomic E-state index is 4.78. The molecule has 180 valence electrons. The molecule has 0 saturated heterocycles. The molecule has 0 fully saturated rings. The first-order valence-corrected chi connectivity index (χ1v) is 12.7. The lowest BCUT2D eigenvalue weighted by Gasteiger charge is -2.13. The van der Waals surface area contributed by atoms with E-state index in [4.69, 9.17) is 4.98 Å². The Hall–Kier alpha value is -5.22. The zero-order valence-electron chi connectivity index (χ0n) is 20.6. The standard InChI is InChI=1S/C34H24N4/c1-2-8-25(9-3-1)13-14-26-15-17-27(18-16-26)28-22-29(37-21-7-20-36-37)24-30(23-28)38-33-12-5-4-10-31(33)32-11-6-19-35-34(32)38/h1-24H/b14-13+. The average Bonchev–Trinajstić information content (AvgIpc) is 3.64. The molecule has 0 N–H and O–H groups in total. The number of hydrogen-bond acceptors (Lipinski definition) is 2. The second-order valence-electron chi connectivity index (χ2n) is 9.28. The molecule has 0 aliphatic carbocycles. The van der Waals surface area contributed by atoms with Gasteiger partial charge in [0.1, 0.15) is 5.65 Å². The summed E-state index contributed by atoms with van der Waals surface area (Å²) in [5.74, 6) is 0. The smallest absolute Gasteiger partial charge is 0.145 e. The van der Waals surface area contributed by atoms with E-state index in [-0.39, 0.29) is 0 Å². The van der Waals surface area contributed by atoms with Crippen molar-refractivity contribution in [2.24, 2.45) is 0 Å². The van der Waals surface area contributed by atoms with Crippen LogP contribution in [0.4, 0.5) is 0 Å². The van der Waals surface area contributed by atoms with Crippen molar-refractivity contribution < 1.29 is 0 Å². The first kappa shape index (κ1) is 22.0. The second kappa shape index (κ2) is 9.34. The van der Waals surface area contributed by atoms with Crippen molar-refractivity contribution in [3.63, 3.8) is 0 Å². The Labute approximate surface area is 220 Å². The molecule has 0 radical (unpaired) electrons. The first-order valence-electron chi connectivity index (χ1n) is 12.7. The zero-order valence-corrected chi connectivity index (χ0v) is 20.6. The highest BCUT2D eigenvalue weighted by molar-refractivity contribution is 6.07. The summed E-state index contributed by atoms with van der Waals surface area (Å²) in [7, 11) is 0. The van der Waals surface area contributed by atoms with E-state index in [1.165, 1.54) is 10.9 Å². The van der Waals surface area contributed by atoms with Gasteiger partial charge in [-0.2, -0.15) is 5.10 Å². The average molecular weight is 489 g/mol. The summed E-state index contributed by atoms with van der Waals surface area (Å²) in [6, 6.07) is 40.2. The van der Waals surface area contributed by atoms with Crippen LogP contribution in [0.2, 0.25) is 0 Å². The van der Waals surface area contributed by atoms with Gasteiger partial charge in [-0.25, -0.2) is 9.67 Å². The van der Waals surface area contributed by atoms with Gasteiger partial charge in [0.15, 0.2) is 0 Å². The van der Waals surface area contributed by atoms with E-state index in [0.717, 1.165) is 44.6 Å². The van der Waals surface area contributed by atoms with Crippen LogP contribution in [0.15, 0.2) is 134 Å². The number of fused-ring (bicyclic) bond motifs is 3. The fourth-order valence-corrected chi connectivity index (χ4v) is 5.05. The molecule has 0 spiro atoms. The highest BCUT2D eigenvalue weighted by atomic mass is 15.3. The number of aromatic nitrogens is 4. The van der Waals surface area contributed by atoms with E-state index in [0.29, 0.717) is 0 Å². The van der Waals surface area contributed by atoms with Crippen LogP contribution in [0.25, 0.3) is 56.6 Å². The monoisotopic (exact) mass is 488 g/mol. The third-order valence-electron chi connectivity index (χ3n) is 6.88. The fraction of sp³-hybridized carbons (Fsp3) is 0. The molecule has 0 unspecified atom stereocenters. The van der Waals surface area contributed by atoms with E-state index in [9.17, 15) is 0 Å². The summed E-state index contributed by atoms with van der Waals surface area (Å²) >= 11 is 0. The number of benzene rings is 4. The van der Waals surface area contributed by atoms with E-state index < -0.39 is 0 Å². The van der Waals surface area contributed by atoms with Crippen molar-refractivity contribution in [2.75, 3.05) is 0 Å². The van der Waals surface area contributed by atoms with E-state index >= 15 is 0 Å². The Morgan fingerprint density at radius 3 is 2.11 bits per heavy atom. The van der Waals surface area contributed by atoms with Gasteiger partial charge in [-0.1, -0.05) is 84.9 Å². The molecule has 0 amide bonds. The molecular weight excluding hydrogens is 464 g/mol. The van der Waals surface area contributed by atoms with E-state index in [2.05, 4.69) is 119 Å². The minimum absolute atomic E-state index is 0.943. The van der Waals surface area contributed by atoms with Gasteiger partial charge in [0.2, 0.25) is 0 Å². The molecule has 38 heavy (non-hydrogen) atoms. The maximum Gasteiger partial charge on any atom is 0.145 e. The van der Waals surface area contributed by atoms with Crippen LogP contribution in [-0.2, 0) is 0 Å². The van der Waals surface area contributed by atoms with Gasteiger partial charge in [-0.15, -0.1) is 0 Å².